The van der Waals surface area contributed by atoms with Crippen LogP contribution < -0.4 is 5.32 Å². The first kappa shape index (κ1) is 16.7. The molecule has 3 rings (SSSR count). The number of nitrogens with zero attached hydrogens (tertiary/aromatic N) is 1. The molecule has 2 N–H and O–H groups in total. The zero-order valence-electron chi connectivity index (χ0n) is 12.0. The van der Waals surface area contributed by atoms with Crippen molar-refractivity contribution in [3.8, 4) is 0 Å². The van der Waals surface area contributed by atoms with Crippen LogP contribution >= 0.6 is 34.5 Å². The lowest BCUT2D eigenvalue weighted by molar-refractivity contribution is 0.0512. The van der Waals surface area contributed by atoms with Gasteiger partial charge in [-0.1, -0.05) is 29.3 Å². The summed E-state index contributed by atoms with van der Waals surface area (Å²) in [5.41, 5.74) is 0.960. The fourth-order valence-electron chi connectivity index (χ4n) is 2.53. The number of ether oxygens (including phenoxy) is 1. The zero-order valence-corrected chi connectivity index (χ0v) is 14.3. The van der Waals surface area contributed by atoms with Crippen molar-refractivity contribution in [1.82, 2.24) is 10.3 Å². The summed E-state index contributed by atoms with van der Waals surface area (Å²) in [6.45, 7) is 1.93. The van der Waals surface area contributed by atoms with E-state index in [0.29, 0.717) is 23.2 Å². The molecule has 23 heavy (non-hydrogen) atoms. The monoisotopic (exact) mass is 372 g/mol. The second-order valence-electron chi connectivity index (χ2n) is 5.15. The molecule has 8 heteroatoms. The van der Waals surface area contributed by atoms with Crippen LogP contribution in [0.4, 0.5) is 0 Å². The summed E-state index contributed by atoms with van der Waals surface area (Å²) < 4.78 is 5.98. The van der Waals surface area contributed by atoms with Gasteiger partial charge in [0.1, 0.15) is 5.01 Å². The van der Waals surface area contributed by atoms with E-state index in [1.165, 1.54) is 11.3 Å². The molecule has 0 unspecified atom stereocenters. The van der Waals surface area contributed by atoms with Crippen molar-refractivity contribution >= 4 is 40.5 Å². The molecule has 2 heterocycles. The van der Waals surface area contributed by atoms with E-state index in [4.69, 9.17) is 33.0 Å². The number of hydrogen-bond acceptors (Lipinski definition) is 5. The maximum Gasteiger partial charge on any atom is 0.355 e. The number of rotatable bonds is 3. The van der Waals surface area contributed by atoms with Crippen LogP contribution in [0.3, 0.4) is 0 Å². The van der Waals surface area contributed by atoms with Crippen LogP contribution in [0.25, 0.3) is 0 Å². The molecule has 5 nitrogen and oxygen atoms in total. The minimum absolute atomic E-state index is 0.0575. The second kappa shape index (κ2) is 7.15. The lowest BCUT2D eigenvalue weighted by atomic mass is 9.96. The molecule has 1 fully saturated rings. The standard InChI is InChI=1S/C15H14Cl2N2O3S/c16-10-2-1-8(5-11(10)17)13-9(6-18-3-4-22-13)14-19-12(7-23-14)15(20)21/h1-2,5,7,9,13,18H,3-4,6H2,(H,20,21)/t9-,13+/m1/s1. The van der Waals surface area contributed by atoms with Crippen molar-refractivity contribution in [2.75, 3.05) is 19.7 Å². The fourth-order valence-corrected chi connectivity index (χ4v) is 3.75. The van der Waals surface area contributed by atoms with E-state index < -0.39 is 5.97 Å². The van der Waals surface area contributed by atoms with Gasteiger partial charge in [0, 0.05) is 18.5 Å². The van der Waals surface area contributed by atoms with Gasteiger partial charge in [-0.25, -0.2) is 9.78 Å². The average Bonchev–Trinajstić information content (AvgIpc) is 2.89. The molecule has 0 radical (unpaired) electrons. The SMILES string of the molecule is O=C(O)c1csc([C@@H]2CNCCO[C@H]2c2ccc(Cl)c(Cl)c2)n1. The molecule has 2 atom stereocenters. The maximum atomic E-state index is 11.1. The summed E-state index contributed by atoms with van der Waals surface area (Å²) in [7, 11) is 0. The third-order valence-electron chi connectivity index (χ3n) is 3.64. The summed E-state index contributed by atoms with van der Waals surface area (Å²) in [6, 6.07) is 5.41. The molecule has 0 amide bonds. The molecule has 1 aliphatic heterocycles. The number of hydrogen-bond donors (Lipinski definition) is 2. The van der Waals surface area contributed by atoms with Crippen LogP contribution in [0.1, 0.15) is 33.1 Å². The molecule has 0 aliphatic carbocycles. The Morgan fingerprint density at radius 3 is 2.91 bits per heavy atom. The van der Waals surface area contributed by atoms with Gasteiger partial charge in [0.15, 0.2) is 5.69 Å². The van der Waals surface area contributed by atoms with Gasteiger partial charge in [0.2, 0.25) is 0 Å². The molecule has 1 saturated heterocycles. The number of thiazole rings is 1. The van der Waals surface area contributed by atoms with Gasteiger partial charge in [-0.05, 0) is 17.7 Å². The second-order valence-corrected chi connectivity index (χ2v) is 6.86. The predicted octanol–water partition coefficient (Wildman–Crippen LogP) is 3.59. The minimum atomic E-state index is -1.03. The van der Waals surface area contributed by atoms with Crippen molar-refractivity contribution in [3.63, 3.8) is 0 Å². The van der Waals surface area contributed by atoms with Crippen molar-refractivity contribution in [2.45, 2.75) is 12.0 Å². The highest BCUT2D eigenvalue weighted by Crippen LogP contribution is 2.38. The van der Waals surface area contributed by atoms with E-state index in [0.717, 1.165) is 17.1 Å². The predicted molar refractivity (Wildman–Crippen MR) is 89.8 cm³/mol. The average molecular weight is 373 g/mol. The molecule has 1 aliphatic rings. The molecule has 0 spiro atoms. The number of carbonyl (C=O) groups is 1. The van der Waals surface area contributed by atoms with Gasteiger partial charge in [0.25, 0.3) is 0 Å². The Bertz CT molecular complexity index is 722. The molecule has 1 aromatic carbocycles. The quantitative estimate of drug-likeness (QED) is 0.861. The van der Waals surface area contributed by atoms with E-state index in [-0.39, 0.29) is 17.7 Å². The number of carboxylic acid groups (broad SMARTS) is 1. The van der Waals surface area contributed by atoms with Crippen molar-refractivity contribution in [3.05, 3.63) is 49.9 Å². The zero-order chi connectivity index (χ0) is 16.4. The van der Waals surface area contributed by atoms with Crippen LogP contribution in [-0.4, -0.2) is 35.8 Å². The molecular weight excluding hydrogens is 359 g/mol. The van der Waals surface area contributed by atoms with E-state index in [2.05, 4.69) is 10.3 Å². The van der Waals surface area contributed by atoms with Gasteiger partial charge in [-0.3, -0.25) is 0 Å². The summed E-state index contributed by atoms with van der Waals surface area (Å²) >= 11 is 13.4. The van der Waals surface area contributed by atoms with Crippen LogP contribution in [0.5, 0.6) is 0 Å². The van der Waals surface area contributed by atoms with Gasteiger partial charge in [-0.15, -0.1) is 11.3 Å². The van der Waals surface area contributed by atoms with E-state index in [1.54, 1.807) is 17.5 Å². The summed E-state index contributed by atoms with van der Waals surface area (Å²) in [5.74, 6) is -1.12. The summed E-state index contributed by atoms with van der Waals surface area (Å²) in [4.78, 5) is 15.3. The largest absolute Gasteiger partial charge is 0.476 e. The highest BCUT2D eigenvalue weighted by Gasteiger charge is 2.30. The maximum absolute atomic E-state index is 11.1. The smallest absolute Gasteiger partial charge is 0.355 e. The third-order valence-corrected chi connectivity index (χ3v) is 5.35. The van der Waals surface area contributed by atoms with Crippen LogP contribution in [0.15, 0.2) is 23.6 Å². The Balaban J connectivity index is 1.96. The number of aromatic carboxylic acids is 1. The Morgan fingerprint density at radius 2 is 2.22 bits per heavy atom. The Labute approximate surface area is 147 Å². The van der Waals surface area contributed by atoms with Gasteiger partial charge in [-0.2, -0.15) is 0 Å². The summed E-state index contributed by atoms with van der Waals surface area (Å²) in [6.07, 6.45) is -0.257. The van der Waals surface area contributed by atoms with Crippen LogP contribution in [-0.2, 0) is 4.74 Å². The Kier molecular flexibility index (Phi) is 5.18. The van der Waals surface area contributed by atoms with E-state index >= 15 is 0 Å². The van der Waals surface area contributed by atoms with E-state index in [9.17, 15) is 4.79 Å². The fraction of sp³-hybridized carbons (Fsp3) is 0.333. The Hall–Kier alpha value is -1.18. The highest BCUT2D eigenvalue weighted by molar-refractivity contribution is 7.09. The number of halogens is 2. The van der Waals surface area contributed by atoms with Crippen molar-refractivity contribution < 1.29 is 14.6 Å². The number of carboxylic acids is 1. The lowest BCUT2D eigenvalue weighted by Crippen LogP contribution is -2.23. The molecule has 2 aromatic rings. The normalized spacial score (nSPS) is 21.8. The minimum Gasteiger partial charge on any atom is -0.476 e. The first-order valence-electron chi connectivity index (χ1n) is 7.02. The number of benzene rings is 1. The third kappa shape index (κ3) is 3.67. The van der Waals surface area contributed by atoms with Gasteiger partial charge < -0.3 is 15.2 Å². The number of aromatic nitrogens is 1. The molecule has 122 valence electrons. The molecule has 0 saturated carbocycles. The lowest BCUT2D eigenvalue weighted by Gasteiger charge is -2.23. The van der Waals surface area contributed by atoms with Crippen LogP contribution in [0.2, 0.25) is 10.0 Å². The van der Waals surface area contributed by atoms with Crippen molar-refractivity contribution in [2.24, 2.45) is 0 Å². The molecular formula is C15H14Cl2N2O3S. The number of nitrogens with one attached hydrogen (secondary N) is 1. The molecule has 1 aromatic heterocycles. The molecule has 0 bridgehead atoms. The first-order chi connectivity index (χ1) is 11.1. The highest BCUT2D eigenvalue weighted by atomic mass is 35.5. The topological polar surface area (TPSA) is 71.5 Å². The van der Waals surface area contributed by atoms with Crippen molar-refractivity contribution in [1.29, 1.82) is 0 Å². The van der Waals surface area contributed by atoms with Gasteiger partial charge >= 0.3 is 5.97 Å². The first-order valence-corrected chi connectivity index (χ1v) is 8.66. The van der Waals surface area contributed by atoms with Crippen LogP contribution in [0, 0.1) is 0 Å². The van der Waals surface area contributed by atoms with Gasteiger partial charge in [0.05, 0.1) is 28.7 Å². The van der Waals surface area contributed by atoms with E-state index in [1.807, 2.05) is 6.07 Å². The Morgan fingerprint density at radius 1 is 1.39 bits per heavy atom. The summed E-state index contributed by atoms with van der Waals surface area (Å²) in [5, 5.41) is 15.6.